The quantitative estimate of drug-likeness (QED) is 0.799. The summed E-state index contributed by atoms with van der Waals surface area (Å²) in [6.45, 7) is 5.17. The molecule has 1 N–H and O–H groups in total. The highest BCUT2D eigenvalue weighted by Crippen LogP contribution is 2.12. The van der Waals surface area contributed by atoms with Gasteiger partial charge in [-0.05, 0) is 31.2 Å². The van der Waals surface area contributed by atoms with E-state index in [1.807, 2.05) is 26.2 Å². The Labute approximate surface area is 127 Å². The largest absolute Gasteiger partial charge is 0.497 e. The second kappa shape index (κ2) is 9.23. The highest BCUT2D eigenvalue weighted by Gasteiger charge is 2.07. The van der Waals surface area contributed by atoms with Crippen molar-refractivity contribution in [2.75, 3.05) is 40.8 Å². The Morgan fingerprint density at radius 3 is 2.43 bits per heavy atom. The van der Waals surface area contributed by atoms with E-state index >= 15 is 0 Å². The summed E-state index contributed by atoms with van der Waals surface area (Å²) < 4.78 is 5.14. The molecule has 0 radical (unpaired) electrons. The molecule has 0 aliphatic heterocycles. The van der Waals surface area contributed by atoms with Crippen LogP contribution >= 0.6 is 0 Å². The molecule has 1 aromatic carbocycles. The maximum atomic E-state index is 11.7. The molecule has 0 saturated heterocycles. The van der Waals surface area contributed by atoms with Crippen molar-refractivity contribution < 1.29 is 9.53 Å². The first kappa shape index (κ1) is 17.3. The van der Waals surface area contributed by atoms with Crippen LogP contribution in [-0.2, 0) is 6.54 Å². The number of benzene rings is 1. The Balaban J connectivity index is 2.27. The van der Waals surface area contributed by atoms with Crippen LogP contribution in [0.5, 0.6) is 5.75 Å². The van der Waals surface area contributed by atoms with Gasteiger partial charge in [0.1, 0.15) is 5.75 Å². The summed E-state index contributed by atoms with van der Waals surface area (Å²) in [5.41, 5.74) is 1.23. The third kappa shape index (κ3) is 6.49. The number of methoxy groups -OCH3 is 1. The van der Waals surface area contributed by atoms with Gasteiger partial charge in [-0.2, -0.15) is 0 Å². The monoisotopic (exact) mass is 293 g/mol. The lowest BCUT2D eigenvalue weighted by Gasteiger charge is -2.20. The molecule has 0 aliphatic rings. The SMILES string of the molecule is CCCN(C)C(=O)NCCN(C)Cc1ccc(OC)cc1. The zero-order chi connectivity index (χ0) is 15.7. The van der Waals surface area contributed by atoms with E-state index in [2.05, 4.69) is 29.3 Å². The first-order valence-corrected chi connectivity index (χ1v) is 7.37. The normalized spacial score (nSPS) is 10.5. The summed E-state index contributed by atoms with van der Waals surface area (Å²) in [7, 11) is 5.53. The first-order valence-electron chi connectivity index (χ1n) is 7.37. The molecule has 0 atom stereocenters. The van der Waals surface area contributed by atoms with Crippen molar-refractivity contribution in [2.24, 2.45) is 0 Å². The molecule has 0 heterocycles. The third-order valence-electron chi connectivity index (χ3n) is 3.29. The highest BCUT2D eigenvalue weighted by molar-refractivity contribution is 5.73. The van der Waals surface area contributed by atoms with Gasteiger partial charge in [-0.15, -0.1) is 0 Å². The van der Waals surface area contributed by atoms with E-state index in [1.165, 1.54) is 5.56 Å². The number of carbonyl (C=O) groups excluding carboxylic acids is 1. The Morgan fingerprint density at radius 2 is 1.86 bits per heavy atom. The molecule has 1 rings (SSSR count). The van der Waals surface area contributed by atoms with Crippen LogP contribution in [0.15, 0.2) is 24.3 Å². The topological polar surface area (TPSA) is 44.8 Å². The van der Waals surface area contributed by atoms with Crippen LogP contribution in [0, 0.1) is 0 Å². The molecule has 0 aliphatic carbocycles. The fourth-order valence-corrected chi connectivity index (χ4v) is 2.05. The van der Waals surface area contributed by atoms with Gasteiger partial charge in [0.05, 0.1) is 7.11 Å². The van der Waals surface area contributed by atoms with E-state index in [9.17, 15) is 4.79 Å². The van der Waals surface area contributed by atoms with Crippen LogP contribution in [-0.4, -0.2) is 56.7 Å². The summed E-state index contributed by atoms with van der Waals surface area (Å²) >= 11 is 0. The van der Waals surface area contributed by atoms with Crippen molar-refractivity contribution in [3.8, 4) is 5.75 Å². The van der Waals surface area contributed by atoms with Gasteiger partial charge in [0, 0.05) is 33.2 Å². The lowest BCUT2D eigenvalue weighted by molar-refractivity contribution is 0.206. The van der Waals surface area contributed by atoms with Gasteiger partial charge in [-0.3, -0.25) is 0 Å². The van der Waals surface area contributed by atoms with Crippen molar-refractivity contribution in [3.63, 3.8) is 0 Å². The van der Waals surface area contributed by atoms with Crippen molar-refractivity contribution in [1.82, 2.24) is 15.1 Å². The fraction of sp³-hybridized carbons (Fsp3) is 0.562. The number of hydrogen-bond acceptors (Lipinski definition) is 3. The lowest BCUT2D eigenvalue weighted by Crippen LogP contribution is -2.40. The predicted molar refractivity (Wildman–Crippen MR) is 85.6 cm³/mol. The summed E-state index contributed by atoms with van der Waals surface area (Å²) in [5, 5.41) is 2.93. The van der Waals surface area contributed by atoms with Crippen LogP contribution in [0.3, 0.4) is 0 Å². The number of nitrogens with one attached hydrogen (secondary N) is 1. The average molecular weight is 293 g/mol. The van der Waals surface area contributed by atoms with Crippen molar-refractivity contribution >= 4 is 6.03 Å². The first-order chi connectivity index (χ1) is 10.1. The minimum Gasteiger partial charge on any atom is -0.497 e. The standard InChI is InChI=1S/C16H27N3O2/c1-5-11-19(3)16(20)17-10-12-18(2)13-14-6-8-15(21-4)9-7-14/h6-9H,5,10-13H2,1-4H3,(H,17,20). The molecule has 21 heavy (non-hydrogen) atoms. The fourth-order valence-electron chi connectivity index (χ4n) is 2.05. The van der Waals surface area contributed by atoms with Crippen LogP contribution in [0.2, 0.25) is 0 Å². The predicted octanol–water partition coefficient (Wildman–Crippen LogP) is 2.18. The maximum Gasteiger partial charge on any atom is 0.317 e. The summed E-state index contributed by atoms with van der Waals surface area (Å²) in [6.07, 6.45) is 0.974. The Bertz CT molecular complexity index is 420. The summed E-state index contributed by atoms with van der Waals surface area (Å²) in [4.78, 5) is 15.6. The van der Waals surface area contributed by atoms with Crippen molar-refractivity contribution in [3.05, 3.63) is 29.8 Å². The minimum absolute atomic E-state index is 0.00491. The van der Waals surface area contributed by atoms with Crippen LogP contribution in [0.1, 0.15) is 18.9 Å². The number of amides is 2. The molecule has 0 bridgehead atoms. The van der Waals surface area contributed by atoms with Gasteiger partial charge in [0.2, 0.25) is 0 Å². The minimum atomic E-state index is -0.00491. The lowest BCUT2D eigenvalue weighted by atomic mass is 10.2. The molecular formula is C16H27N3O2. The molecular weight excluding hydrogens is 266 g/mol. The molecule has 5 heteroatoms. The van der Waals surface area contributed by atoms with E-state index in [-0.39, 0.29) is 6.03 Å². The van der Waals surface area contributed by atoms with E-state index in [4.69, 9.17) is 4.74 Å². The van der Waals surface area contributed by atoms with E-state index < -0.39 is 0 Å². The Kier molecular flexibility index (Phi) is 7.61. The average Bonchev–Trinajstić information content (AvgIpc) is 2.48. The molecule has 0 saturated carbocycles. The molecule has 0 aromatic heterocycles. The molecule has 0 spiro atoms. The molecule has 0 unspecified atom stereocenters. The van der Waals surface area contributed by atoms with Crippen LogP contribution < -0.4 is 10.1 Å². The molecule has 118 valence electrons. The van der Waals surface area contributed by atoms with Gasteiger partial charge in [-0.25, -0.2) is 4.79 Å². The summed E-state index contributed by atoms with van der Waals surface area (Å²) in [5.74, 6) is 0.868. The van der Waals surface area contributed by atoms with Gasteiger partial charge >= 0.3 is 6.03 Å². The highest BCUT2D eigenvalue weighted by atomic mass is 16.5. The second-order valence-corrected chi connectivity index (χ2v) is 5.24. The van der Waals surface area contributed by atoms with Gasteiger partial charge in [0.25, 0.3) is 0 Å². The molecule has 1 aromatic rings. The Hall–Kier alpha value is -1.75. The number of urea groups is 1. The van der Waals surface area contributed by atoms with Crippen molar-refractivity contribution in [1.29, 1.82) is 0 Å². The number of hydrogen-bond donors (Lipinski definition) is 1. The zero-order valence-corrected chi connectivity index (χ0v) is 13.6. The molecule has 2 amide bonds. The molecule has 5 nitrogen and oxygen atoms in total. The van der Waals surface area contributed by atoms with Crippen LogP contribution in [0.25, 0.3) is 0 Å². The van der Waals surface area contributed by atoms with Gasteiger partial charge in [-0.1, -0.05) is 19.1 Å². The van der Waals surface area contributed by atoms with E-state index in [0.29, 0.717) is 6.54 Å². The molecule has 0 fully saturated rings. The maximum absolute atomic E-state index is 11.7. The number of nitrogens with zero attached hydrogens (tertiary/aromatic N) is 2. The van der Waals surface area contributed by atoms with Gasteiger partial charge < -0.3 is 19.9 Å². The van der Waals surface area contributed by atoms with E-state index in [1.54, 1.807) is 12.0 Å². The number of ether oxygens (including phenoxy) is 1. The second-order valence-electron chi connectivity index (χ2n) is 5.24. The van der Waals surface area contributed by atoms with Gasteiger partial charge in [0.15, 0.2) is 0 Å². The number of carbonyl (C=O) groups is 1. The number of likely N-dealkylation sites (N-methyl/N-ethyl adjacent to an activating group) is 1. The Morgan fingerprint density at radius 1 is 1.19 bits per heavy atom. The van der Waals surface area contributed by atoms with E-state index in [0.717, 1.165) is 31.8 Å². The number of rotatable bonds is 8. The zero-order valence-electron chi connectivity index (χ0n) is 13.6. The summed E-state index contributed by atoms with van der Waals surface area (Å²) in [6, 6.07) is 8.04. The van der Waals surface area contributed by atoms with Crippen LogP contribution in [0.4, 0.5) is 4.79 Å². The van der Waals surface area contributed by atoms with Crippen molar-refractivity contribution in [2.45, 2.75) is 19.9 Å². The smallest absolute Gasteiger partial charge is 0.317 e. The third-order valence-corrected chi connectivity index (χ3v) is 3.29.